The van der Waals surface area contributed by atoms with Crippen molar-refractivity contribution in [1.29, 1.82) is 0 Å². The summed E-state index contributed by atoms with van der Waals surface area (Å²) in [5.41, 5.74) is 14.0. The molecule has 0 radical (unpaired) electrons. The number of nitrogens with two attached hydrogens (primary N) is 2. The molecule has 4 aromatic heterocycles. The summed E-state index contributed by atoms with van der Waals surface area (Å²) < 4.78 is 3.64. The van der Waals surface area contributed by atoms with E-state index in [-0.39, 0.29) is 11.8 Å². The molecule has 14 nitrogen and oxygen atoms in total. The first-order chi connectivity index (χ1) is 19.5. The number of aromatic nitrogens is 8. The number of anilines is 2. The number of hydrogen-bond donors (Lipinski definition) is 4. The number of hydrogen-bond acceptors (Lipinski definition) is 10. The molecule has 0 spiro atoms. The molecule has 4 rings (SSSR count). The second-order valence-corrected chi connectivity index (χ2v) is 9.77. The Hall–Kier alpha value is -4.36. The Bertz CT molecular complexity index is 1290. The van der Waals surface area contributed by atoms with Gasteiger partial charge in [-0.2, -0.15) is 0 Å². The number of unbranched alkanes of at least 4 members (excludes halogenated alkanes) is 7. The molecule has 0 saturated heterocycles. The Balaban J connectivity index is 0.942. The number of imidazole rings is 2. The van der Waals surface area contributed by atoms with Gasteiger partial charge < -0.3 is 31.2 Å². The van der Waals surface area contributed by atoms with Crippen molar-refractivity contribution >= 4 is 45.8 Å². The molecular weight excluding hydrogens is 512 g/mol. The molecule has 6 N–H and O–H groups in total. The molecule has 2 amide bonds. The van der Waals surface area contributed by atoms with E-state index in [1.807, 2.05) is 9.13 Å². The lowest BCUT2D eigenvalue weighted by molar-refractivity contribution is -0.122. The Morgan fingerprint density at radius 3 is 1.43 bits per heavy atom. The number of nitrogens with zero attached hydrogens (tertiary/aromatic N) is 8. The maximum atomic E-state index is 12.2. The molecule has 14 heteroatoms. The van der Waals surface area contributed by atoms with Crippen LogP contribution in [0.1, 0.15) is 64.2 Å². The van der Waals surface area contributed by atoms with Gasteiger partial charge >= 0.3 is 0 Å². The zero-order valence-electron chi connectivity index (χ0n) is 22.8. The highest BCUT2D eigenvalue weighted by Gasteiger charge is 2.10. The van der Waals surface area contributed by atoms with Crippen molar-refractivity contribution in [1.82, 2.24) is 49.7 Å². The van der Waals surface area contributed by atoms with E-state index in [1.54, 1.807) is 12.7 Å². The number of nitrogen functional groups attached to an aromatic ring is 2. The van der Waals surface area contributed by atoms with E-state index >= 15 is 0 Å². The summed E-state index contributed by atoms with van der Waals surface area (Å²) in [6.07, 6.45) is 15.7. The van der Waals surface area contributed by atoms with E-state index in [0.717, 1.165) is 38.5 Å². The normalized spacial score (nSPS) is 11.3. The molecule has 4 heterocycles. The van der Waals surface area contributed by atoms with Crippen molar-refractivity contribution in [2.45, 2.75) is 77.3 Å². The molecular formula is C26H38N12O2. The van der Waals surface area contributed by atoms with Crippen LogP contribution < -0.4 is 22.1 Å². The second kappa shape index (κ2) is 14.7. The fourth-order valence-corrected chi connectivity index (χ4v) is 4.51. The Kier molecular flexibility index (Phi) is 10.5. The lowest BCUT2D eigenvalue weighted by atomic mass is 10.1. The van der Waals surface area contributed by atoms with Gasteiger partial charge in [0.25, 0.3) is 0 Å². The monoisotopic (exact) mass is 550 g/mol. The fraction of sp³-hybridized carbons (Fsp3) is 0.538. The van der Waals surface area contributed by atoms with Crippen LogP contribution in [0, 0.1) is 0 Å². The van der Waals surface area contributed by atoms with Gasteiger partial charge in [0, 0.05) is 39.0 Å². The van der Waals surface area contributed by atoms with E-state index in [4.69, 9.17) is 11.5 Å². The molecule has 0 bridgehead atoms. The van der Waals surface area contributed by atoms with Gasteiger partial charge in [-0.05, 0) is 12.8 Å². The van der Waals surface area contributed by atoms with Crippen molar-refractivity contribution in [3.8, 4) is 0 Å². The van der Waals surface area contributed by atoms with E-state index < -0.39 is 0 Å². The summed E-state index contributed by atoms with van der Waals surface area (Å²) in [7, 11) is 0. The molecule has 0 unspecified atom stereocenters. The van der Waals surface area contributed by atoms with Crippen LogP contribution in [-0.4, -0.2) is 63.9 Å². The summed E-state index contributed by atoms with van der Waals surface area (Å²) in [5.74, 6) is 0.720. The first-order valence-electron chi connectivity index (χ1n) is 13.9. The van der Waals surface area contributed by atoms with Gasteiger partial charge in [-0.1, -0.05) is 38.5 Å². The standard InChI is InChI=1S/C26H38N12O2/c27-23-21-25(33-15-31-23)37(17-35-21)13-9-19(39)29-11-7-5-3-1-2-4-6-8-12-30-20(40)10-14-38-18-36-22-24(28)32-16-34-26(22)38/h15-18H,1-14H2,(H,29,39)(H,30,40)(H2,27,31,33)(H2,28,32,34). The third-order valence-electron chi connectivity index (χ3n) is 6.77. The van der Waals surface area contributed by atoms with Gasteiger partial charge in [-0.15, -0.1) is 0 Å². The SMILES string of the molecule is Nc1ncnc2c1ncn2CCC(=O)NCCCCCCCCCCNC(=O)CCn1cnc2c(N)ncnc21. The summed E-state index contributed by atoms with van der Waals surface area (Å²) in [5, 5.41) is 5.97. The van der Waals surface area contributed by atoms with Crippen molar-refractivity contribution in [2.24, 2.45) is 0 Å². The fourth-order valence-electron chi connectivity index (χ4n) is 4.51. The lowest BCUT2D eigenvalue weighted by Gasteiger charge is -2.07. The Morgan fingerprint density at radius 1 is 0.600 bits per heavy atom. The molecule has 0 aliphatic carbocycles. The van der Waals surface area contributed by atoms with E-state index in [1.165, 1.54) is 25.5 Å². The second-order valence-electron chi connectivity index (χ2n) is 9.77. The summed E-state index contributed by atoms with van der Waals surface area (Å²) in [6.45, 7) is 2.38. The van der Waals surface area contributed by atoms with Crippen LogP contribution in [0.25, 0.3) is 22.3 Å². The minimum Gasteiger partial charge on any atom is -0.382 e. The molecule has 40 heavy (non-hydrogen) atoms. The molecule has 0 aliphatic heterocycles. The number of aryl methyl sites for hydroxylation is 2. The molecule has 0 saturated carbocycles. The average Bonchev–Trinajstić information content (AvgIpc) is 3.57. The molecule has 0 atom stereocenters. The van der Waals surface area contributed by atoms with Crippen molar-refractivity contribution in [2.75, 3.05) is 24.6 Å². The number of fused-ring (bicyclic) bond motifs is 2. The quantitative estimate of drug-likeness (QED) is 0.141. The van der Waals surface area contributed by atoms with Crippen LogP contribution in [0.15, 0.2) is 25.3 Å². The zero-order chi connectivity index (χ0) is 28.2. The number of carbonyl (C=O) groups excluding carboxylic acids is 2. The molecule has 0 aromatic carbocycles. The topological polar surface area (TPSA) is 197 Å². The van der Waals surface area contributed by atoms with Crippen molar-refractivity contribution in [3.63, 3.8) is 0 Å². The van der Waals surface area contributed by atoms with Gasteiger partial charge in [-0.25, -0.2) is 29.9 Å². The maximum absolute atomic E-state index is 12.2. The largest absolute Gasteiger partial charge is 0.382 e. The molecule has 0 aliphatic rings. The van der Waals surface area contributed by atoms with Gasteiger partial charge in [0.15, 0.2) is 22.9 Å². The highest BCUT2D eigenvalue weighted by Crippen LogP contribution is 2.15. The predicted molar refractivity (Wildman–Crippen MR) is 152 cm³/mol. The minimum atomic E-state index is 0.0194. The first kappa shape index (κ1) is 28.6. The minimum absolute atomic E-state index is 0.0194. The van der Waals surface area contributed by atoms with Crippen LogP contribution >= 0.6 is 0 Å². The molecule has 4 aromatic rings. The maximum Gasteiger partial charge on any atom is 0.221 e. The van der Waals surface area contributed by atoms with Gasteiger partial charge in [-0.3, -0.25) is 9.59 Å². The summed E-state index contributed by atoms with van der Waals surface area (Å²) in [6, 6.07) is 0. The van der Waals surface area contributed by atoms with Gasteiger partial charge in [0.05, 0.1) is 12.7 Å². The lowest BCUT2D eigenvalue weighted by Crippen LogP contribution is -2.25. The highest BCUT2D eigenvalue weighted by molar-refractivity contribution is 5.82. The van der Waals surface area contributed by atoms with Gasteiger partial charge in [0.2, 0.25) is 11.8 Å². The zero-order valence-corrected chi connectivity index (χ0v) is 22.8. The highest BCUT2D eigenvalue weighted by atomic mass is 16.2. The van der Waals surface area contributed by atoms with E-state index in [0.29, 0.717) is 73.0 Å². The van der Waals surface area contributed by atoms with E-state index in [9.17, 15) is 9.59 Å². The summed E-state index contributed by atoms with van der Waals surface area (Å²) in [4.78, 5) is 49.0. The Labute approximate surface area is 232 Å². The number of carbonyl (C=O) groups is 2. The number of amides is 2. The van der Waals surface area contributed by atoms with E-state index in [2.05, 4.69) is 40.5 Å². The van der Waals surface area contributed by atoms with Crippen LogP contribution in [0.4, 0.5) is 11.6 Å². The average molecular weight is 551 g/mol. The van der Waals surface area contributed by atoms with Crippen LogP contribution in [0.3, 0.4) is 0 Å². The number of rotatable bonds is 17. The van der Waals surface area contributed by atoms with Crippen LogP contribution in [-0.2, 0) is 22.7 Å². The Morgan fingerprint density at radius 2 is 1.00 bits per heavy atom. The third kappa shape index (κ3) is 8.07. The van der Waals surface area contributed by atoms with Crippen molar-refractivity contribution < 1.29 is 9.59 Å². The number of nitrogens with one attached hydrogen (secondary N) is 2. The van der Waals surface area contributed by atoms with Crippen molar-refractivity contribution in [3.05, 3.63) is 25.3 Å². The van der Waals surface area contributed by atoms with Gasteiger partial charge in [0.1, 0.15) is 23.7 Å². The smallest absolute Gasteiger partial charge is 0.221 e. The molecule has 0 fully saturated rings. The van der Waals surface area contributed by atoms with Crippen LogP contribution in [0.5, 0.6) is 0 Å². The summed E-state index contributed by atoms with van der Waals surface area (Å²) >= 11 is 0. The molecule has 214 valence electrons. The first-order valence-corrected chi connectivity index (χ1v) is 13.9. The third-order valence-corrected chi connectivity index (χ3v) is 6.77. The predicted octanol–water partition coefficient (Wildman–Crippen LogP) is 1.96. The van der Waals surface area contributed by atoms with Crippen LogP contribution in [0.2, 0.25) is 0 Å².